The van der Waals surface area contributed by atoms with Gasteiger partial charge in [0.15, 0.2) is 0 Å². The molecule has 0 spiro atoms. The van der Waals surface area contributed by atoms with Gasteiger partial charge in [-0.25, -0.2) is 9.13 Å². The van der Waals surface area contributed by atoms with Gasteiger partial charge in [-0.2, -0.15) is 0 Å². The maximum Gasteiger partial charge on any atom is 0.244 e. The first-order chi connectivity index (χ1) is 6.99. The first-order valence-corrected chi connectivity index (χ1v) is 5.30. The fourth-order valence-corrected chi connectivity index (χ4v) is 1.66. The first kappa shape index (κ1) is 15.4. The molecule has 0 amide bonds. The van der Waals surface area contributed by atoms with Gasteiger partial charge in [0.05, 0.1) is 0 Å². The van der Waals surface area contributed by atoms with E-state index >= 15 is 0 Å². The number of imidazole rings is 1. The van der Waals surface area contributed by atoms with Crippen LogP contribution in [-0.2, 0) is 18.5 Å². The van der Waals surface area contributed by atoms with E-state index in [-0.39, 0.29) is 29.4 Å². The van der Waals surface area contributed by atoms with Gasteiger partial charge in [0.2, 0.25) is 6.33 Å². The summed E-state index contributed by atoms with van der Waals surface area (Å²) < 4.78 is 4.38. The van der Waals surface area contributed by atoms with Gasteiger partial charge in [0.1, 0.15) is 25.0 Å². The van der Waals surface area contributed by atoms with Crippen molar-refractivity contribution in [1.82, 2.24) is 4.57 Å². The molecule has 0 bridgehead atoms. The number of hydrogen-bond donors (Lipinski definition) is 0. The van der Waals surface area contributed by atoms with Crippen molar-refractivity contribution in [3.05, 3.63) is 43.5 Å². The Morgan fingerprint density at radius 1 is 1.31 bits per heavy atom. The zero-order valence-electron chi connectivity index (χ0n) is 10.4. The summed E-state index contributed by atoms with van der Waals surface area (Å²) in [7, 11) is 0. The number of hydrogen-bond acceptors (Lipinski definition) is 0. The molecule has 1 aromatic heterocycles. The van der Waals surface area contributed by atoms with Gasteiger partial charge in [-0.1, -0.05) is 46.1 Å². The van der Waals surface area contributed by atoms with Gasteiger partial charge in [-0.3, -0.25) is 0 Å². The Morgan fingerprint density at radius 2 is 1.94 bits per heavy atom. The summed E-state index contributed by atoms with van der Waals surface area (Å²) in [5, 5.41) is 0. The third-order valence-corrected chi connectivity index (χ3v) is 2.32. The summed E-state index contributed by atoms with van der Waals surface area (Å²) in [5.74, 6) is 0. The minimum atomic E-state index is 0. The quantitative estimate of drug-likeness (QED) is 0.398. The van der Waals surface area contributed by atoms with Crippen LogP contribution < -0.4 is 28.5 Å². The molecule has 1 aromatic rings. The van der Waals surface area contributed by atoms with Crippen molar-refractivity contribution in [3.63, 3.8) is 0 Å². The standard InChI is InChI=1S/C13H21N2.HI/c1-6-8-14-10-12(13(3,4)5)15(11-14)9-7-2;/h6-7,10-11H,1-2,8-9H2,3-5H3;1H/q+1;/p-1. The summed E-state index contributed by atoms with van der Waals surface area (Å²) in [4.78, 5) is 0. The minimum absolute atomic E-state index is 0. The van der Waals surface area contributed by atoms with Crippen LogP contribution in [0.5, 0.6) is 0 Å². The zero-order valence-corrected chi connectivity index (χ0v) is 12.6. The molecule has 0 saturated heterocycles. The molecule has 3 heteroatoms. The van der Waals surface area contributed by atoms with E-state index in [0.717, 1.165) is 13.1 Å². The normalized spacial score (nSPS) is 10.7. The number of nitrogens with zero attached hydrogens (tertiary/aromatic N) is 2. The number of halogens is 1. The highest BCUT2D eigenvalue weighted by molar-refractivity contribution is 5.08. The second kappa shape index (κ2) is 6.23. The van der Waals surface area contributed by atoms with E-state index in [9.17, 15) is 0 Å². The summed E-state index contributed by atoms with van der Waals surface area (Å²) in [6, 6.07) is 0. The van der Waals surface area contributed by atoms with E-state index in [1.165, 1.54) is 5.69 Å². The Hall–Kier alpha value is -0.580. The third kappa shape index (κ3) is 3.77. The van der Waals surface area contributed by atoms with Crippen molar-refractivity contribution in [2.24, 2.45) is 0 Å². The Labute approximate surface area is 116 Å². The van der Waals surface area contributed by atoms with Gasteiger partial charge < -0.3 is 24.0 Å². The molecule has 90 valence electrons. The van der Waals surface area contributed by atoms with Crippen LogP contribution in [0.2, 0.25) is 0 Å². The van der Waals surface area contributed by atoms with Crippen LogP contribution in [0.4, 0.5) is 0 Å². The monoisotopic (exact) mass is 332 g/mol. The van der Waals surface area contributed by atoms with Gasteiger partial charge in [-0.05, 0) is 0 Å². The molecular formula is C13H21IN2. The Kier molecular flexibility index (Phi) is 6.00. The highest BCUT2D eigenvalue weighted by Crippen LogP contribution is 2.20. The molecule has 0 aliphatic heterocycles. The van der Waals surface area contributed by atoms with Crippen LogP contribution in [0.25, 0.3) is 0 Å². The summed E-state index contributed by atoms with van der Waals surface area (Å²) in [6.07, 6.45) is 8.13. The number of aromatic nitrogens is 2. The fraction of sp³-hybridized carbons (Fsp3) is 0.462. The van der Waals surface area contributed by atoms with Crippen molar-refractivity contribution in [2.45, 2.75) is 39.3 Å². The molecule has 0 atom stereocenters. The van der Waals surface area contributed by atoms with Crippen molar-refractivity contribution < 1.29 is 28.5 Å². The first-order valence-electron chi connectivity index (χ1n) is 5.30. The molecule has 0 aromatic carbocycles. The van der Waals surface area contributed by atoms with E-state index in [4.69, 9.17) is 0 Å². The second-order valence-corrected chi connectivity index (χ2v) is 4.81. The lowest BCUT2D eigenvalue weighted by atomic mass is 9.92. The van der Waals surface area contributed by atoms with Crippen LogP contribution in [0.3, 0.4) is 0 Å². The minimum Gasteiger partial charge on any atom is -1.00 e. The molecule has 0 fully saturated rings. The molecule has 2 nitrogen and oxygen atoms in total. The molecule has 0 saturated carbocycles. The average Bonchev–Trinajstić information content (AvgIpc) is 2.49. The lowest BCUT2D eigenvalue weighted by molar-refractivity contribution is -0.686. The lowest BCUT2D eigenvalue weighted by Gasteiger charge is -2.14. The third-order valence-electron chi connectivity index (χ3n) is 2.32. The average molecular weight is 332 g/mol. The second-order valence-electron chi connectivity index (χ2n) is 4.81. The highest BCUT2D eigenvalue weighted by Gasteiger charge is 2.24. The number of allylic oxidation sites excluding steroid dienone is 2. The van der Waals surface area contributed by atoms with Crippen LogP contribution >= 0.6 is 0 Å². The number of rotatable bonds is 4. The summed E-state index contributed by atoms with van der Waals surface area (Å²) in [6.45, 7) is 15.9. The zero-order chi connectivity index (χ0) is 11.5. The molecule has 16 heavy (non-hydrogen) atoms. The van der Waals surface area contributed by atoms with Crippen LogP contribution in [-0.4, -0.2) is 4.57 Å². The van der Waals surface area contributed by atoms with Crippen LogP contribution in [0, 0.1) is 0 Å². The van der Waals surface area contributed by atoms with Gasteiger partial charge in [0, 0.05) is 5.41 Å². The maximum atomic E-state index is 3.78. The predicted octanol–water partition coefficient (Wildman–Crippen LogP) is -0.551. The van der Waals surface area contributed by atoms with Crippen molar-refractivity contribution in [1.29, 1.82) is 0 Å². The van der Waals surface area contributed by atoms with Crippen molar-refractivity contribution >= 4 is 0 Å². The Balaban J connectivity index is 0.00000225. The van der Waals surface area contributed by atoms with E-state index < -0.39 is 0 Å². The molecule has 1 rings (SSSR count). The van der Waals surface area contributed by atoms with Crippen LogP contribution in [0.1, 0.15) is 26.5 Å². The van der Waals surface area contributed by atoms with Gasteiger partial charge in [-0.15, -0.1) is 0 Å². The Morgan fingerprint density at radius 3 is 2.38 bits per heavy atom. The fourth-order valence-electron chi connectivity index (χ4n) is 1.66. The smallest absolute Gasteiger partial charge is 0.244 e. The van der Waals surface area contributed by atoms with E-state index in [0.29, 0.717) is 0 Å². The van der Waals surface area contributed by atoms with Gasteiger partial charge >= 0.3 is 0 Å². The maximum absolute atomic E-state index is 3.78. The highest BCUT2D eigenvalue weighted by atomic mass is 127. The Bertz CT molecular complexity index is 358. The molecule has 0 radical (unpaired) electrons. The molecule has 0 unspecified atom stereocenters. The largest absolute Gasteiger partial charge is 1.00 e. The topological polar surface area (TPSA) is 8.81 Å². The SMILES string of the molecule is C=CCn1c[n+](CC=C)cc1C(C)(C)C.[I-]. The predicted molar refractivity (Wildman–Crippen MR) is 63.7 cm³/mol. The molecular weight excluding hydrogens is 311 g/mol. The van der Waals surface area contributed by atoms with Gasteiger partial charge in [0.25, 0.3) is 0 Å². The van der Waals surface area contributed by atoms with Crippen LogP contribution in [0.15, 0.2) is 37.8 Å². The van der Waals surface area contributed by atoms with E-state index in [1.807, 2.05) is 12.2 Å². The lowest BCUT2D eigenvalue weighted by Crippen LogP contribution is -3.00. The molecule has 0 aliphatic rings. The summed E-state index contributed by atoms with van der Waals surface area (Å²) >= 11 is 0. The van der Waals surface area contributed by atoms with Crippen molar-refractivity contribution in [3.8, 4) is 0 Å². The molecule has 1 heterocycles. The van der Waals surface area contributed by atoms with Crippen molar-refractivity contribution in [2.75, 3.05) is 0 Å². The van der Waals surface area contributed by atoms with E-state index in [2.05, 4.69) is 55.6 Å². The molecule has 0 N–H and O–H groups in total. The molecule has 0 aliphatic carbocycles. The van der Waals surface area contributed by atoms with E-state index in [1.54, 1.807) is 0 Å². The summed E-state index contributed by atoms with van der Waals surface area (Å²) in [5.41, 5.74) is 1.49.